The van der Waals surface area contributed by atoms with Crippen LogP contribution in [0.2, 0.25) is 5.02 Å². The fourth-order valence-corrected chi connectivity index (χ4v) is 3.04. The Morgan fingerprint density at radius 1 is 1.04 bits per heavy atom. The molecule has 1 atom stereocenters. The highest BCUT2D eigenvalue weighted by Gasteiger charge is 2.35. The van der Waals surface area contributed by atoms with Gasteiger partial charge in [0.1, 0.15) is 0 Å². The minimum absolute atomic E-state index is 0.0859. The number of carbonyl (C=O) groups is 3. The first kappa shape index (κ1) is 18.4. The third-order valence-electron chi connectivity index (χ3n) is 4.04. The van der Waals surface area contributed by atoms with E-state index in [1.807, 2.05) is 0 Å². The lowest BCUT2D eigenvalue weighted by Crippen LogP contribution is -2.45. The van der Waals surface area contributed by atoms with Crippen LogP contribution in [0.1, 0.15) is 16.8 Å². The van der Waals surface area contributed by atoms with E-state index in [9.17, 15) is 14.4 Å². The predicted octanol–water partition coefficient (Wildman–Crippen LogP) is 2.92. The molecule has 0 aliphatic carbocycles. The molecule has 1 saturated heterocycles. The summed E-state index contributed by atoms with van der Waals surface area (Å²) in [6.07, 6.45) is 0.0859. The Morgan fingerprint density at radius 3 is 2.35 bits per heavy atom. The molecule has 3 rings (SSSR count). The van der Waals surface area contributed by atoms with Crippen LogP contribution >= 0.6 is 27.5 Å². The number of nitrogens with one attached hydrogen (secondary N) is 2. The van der Waals surface area contributed by atoms with E-state index in [-0.39, 0.29) is 18.9 Å². The molecule has 0 unspecified atom stereocenters. The molecule has 2 aromatic rings. The second-order valence-corrected chi connectivity index (χ2v) is 7.18. The van der Waals surface area contributed by atoms with Gasteiger partial charge in [0.15, 0.2) is 0 Å². The summed E-state index contributed by atoms with van der Waals surface area (Å²) in [6, 6.07) is 13.6. The smallest absolute Gasteiger partial charge is 0.269 e. The lowest BCUT2D eigenvalue weighted by atomic mass is 10.1. The van der Waals surface area contributed by atoms with Crippen LogP contribution in [0.15, 0.2) is 53.0 Å². The molecule has 134 valence electrons. The normalized spacial score (nSPS) is 16.5. The van der Waals surface area contributed by atoms with Crippen molar-refractivity contribution in [2.75, 3.05) is 11.4 Å². The highest BCUT2D eigenvalue weighted by Crippen LogP contribution is 2.26. The van der Waals surface area contributed by atoms with E-state index in [0.717, 1.165) is 4.47 Å². The van der Waals surface area contributed by atoms with Gasteiger partial charge in [0.25, 0.3) is 5.91 Å². The lowest BCUT2D eigenvalue weighted by molar-refractivity contribution is -0.126. The largest absolute Gasteiger partial charge is 0.312 e. The quantitative estimate of drug-likeness (QED) is 0.726. The SMILES string of the molecule is O=C(NNC(=O)[C@H]1CC(=O)N(c2ccc(Cl)cc2)C1)c1ccc(Br)cc1. The Bertz CT molecular complexity index is 840. The molecule has 0 bridgehead atoms. The molecule has 0 aromatic heterocycles. The predicted molar refractivity (Wildman–Crippen MR) is 102 cm³/mol. The molecular weight excluding hydrogens is 422 g/mol. The number of amides is 3. The summed E-state index contributed by atoms with van der Waals surface area (Å²) in [5.74, 6) is -1.51. The van der Waals surface area contributed by atoms with Crippen LogP contribution in [0, 0.1) is 5.92 Å². The zero-order chi connectivity index (χ0) is 18.7. The molecule has 26 heavy (non-hydrogen) atoms. The minimum atomic E-state index is -0.539. The van der Waals surface area contributed by atoms with Crippen LogP contribution in [-0.2, 0) is 9.59 Å². The van der Waals surface area contributed by atoms with Gasteiger partial charge < -0.3 is 4.90 Å². The average molecular weight is 437 g/mol. The zero-order valence-corrected chi connectivity index (χ0v) is 15.9. The second-order valence-electron chi connectivity index (χ2n) is 5.83. The summed E-state index contributed by atoms with van der Waals surface area (Å²) in [4.78, 5) is 38.0. The number of hydrogen-bond acceptors (Lipinski definition) is 3. The van der Waals surface area contributed by atoms with Gasteiger partial charge in [-0.1, -0.05) is 27.5 Å². The molecule has 8 heteroatoms. The fourth-order valence-electron chi connectivity index (χ4n) is 2.65. The molecule has 3 amide bonds. The molecule has 0 spiro atoms. The summed E-state index contributed by atoms with van der Waals surface area (Å²) in [6.45, 7) is 0.250. The maximum Gasteiger partial charge on any atom is 0.269 e. The monoisotopic (exact) mass is 435 g/mol. The first-order valence-corrected chi connectivity index (χ1v) is 9.03. The topological polar surface area (TPSA) is 78.5 Å². The van der Waals surface area contributed by atoms with Crippen molar-refractivity contribution >= 4 is 50.9 Å². The van der Waals surface area contributed by atoms with E-state index in [4.69, 9.17) is 11.6 Å². The molecule has 1 aliphatic heterocycles. The van der Waals surface area contributed by atoms with Crippen molar-refractivity contribution in [3.63, 3.8) is 0 Å². The van der Waals surface area contributed by atoms with Gasteiger partial charge in [0, 0.05) is 33.7 Å². The summed E-state index contributed by atoms with van der Waals surface area (Å²) in [5.41, 5.74) is 5.86. The summed E-state index contributed by atoms with van der Waals surface area (Å²) < 4.78 is 0.852. The maximum absolute atomic E-state index is 12.3. The third kappa shape index (κ3) is 4.23. The Morgan fingerprint density at radius 2 is 1.69 bits per heavy atom. The minimum Gasteiger partial charge on any atom is -0.312 e. The standard InChI is InChI=1S/C18H15BrClN3O3/c19-13-3-1-11(2-4-13)17(25)21-22-18(26)12-9-16(24)23(10-12)15-7-5-14(20)6-8-15/h1-8,12H,9-10H2,(H,21,25)(H,22,26)/t12-/m0/s1. The van der Waals surface area contributed by atoms with Crippen molar-refractivity contribution in [2.24, 2.45) is 5.92 Å². The van der Waals surface area contributed by atoms with Crippen LogP contribution in [0.25, 0.3) is 0 Å². The van der Waals surface area contributed by atoms with Crippen molar-refractivity contribution in [1.29, 1.82) is 0 Å². The number of benzene rings is 2. The molecule has 1 heterocycles. The van der Waals surface area contributed by atoms with Gasteiger partial charge >= 0.3 is 0 Å². The number of nitrogens with zero attached hydrogens (tertiary/aromatic N) is 1. The number of rotatable bonds is 3. The van der Waals surface area contributed by atoms with Gasteiger partial charge in [0.05, 0.1) is 5.92 Å². The highest BCUT2D eigenvalue weighted by molar-refractivity contribution is 9.10. The second kappa shape index (κ2) is 7.88. The number of carbonyl (C=O) groups excluding carboxylic acids is 3. The Hall–Kier alpha value is -2.38. The van der Waals surface area contributed by atoms with E-state index in [1.54, 1.807) is 48.5 Å². The van der Waals surface area contributed by atoms with E-state index in [2.05, 4.69) is 26.8 Å². The van der Waals surface area contributed by atoms with Crippen molar-refractivity contribution in [3.05, 3.63) is 63.6 Å². The van der Waals surface area contributed by atoms with Crippen molar-refractivity contribution < 1.29 is 14.4 Å². The summed E-state index contributed by atoms with van der Waals surface area (Å²) in [5, 5.41) is 0.574. The van der Waals surface area contributed by atoms with Crippen molar-refractivity contribution in [3.8, 4) is 0 Å². The Balaban J connectivity index is 1.57. The first-order valence-electron chi connectivity index (χ1n) is 7.86. The molecule has 1 aliphatic rings. The molecule has 0 radical (unpaired) electrons. The van der Waals surface area contributed by atoms with Crippen molar-refractivity contribution in [1.82, 2.24) is 10.9 Å². The van der Waals surface area contributed by atoms with Gasteiger partial charge in [-0.15, -0.1) is 0 Å². The fraction of sp³-hybridized carbons (Fsp3) is 0.167. The van der Waals surface area contributed by atoms with E-state index < -0.39 is 17.7 Å². The zero-order valence-electron chi connectivity index (χ0n) is 13.5. The Kier molecular flexibility index (Phi) is 5.58. The highest BCUT2D eigenvalue weighted by atomic mass is 79.9. The van der Waals surface area contributed by atoms with Gasteiger partial charge in [-0.25, -0.2) is 0 Å². The van der Waals surface area contributed by atoms with Crippen LogP contribution in [0.5, 0.6) is 0 Å². The van der Waals surface area contributed by atoms with Crippen LogP contribution in [-0.4, -0.2) is 24.3 Å². The first-order chi connectivity index (χ1) is 12.4. The van der Waals surface area contributed by atoms with E-state index >= 15 is 0 Å². The van der Waals surface area contributed by atoms with Crippen LogP contribution in [0.4, 0.5) is 5.69 Å². The average Bonchev–Trinajstić information content (AvgIpc) is 3.02. The van der Waals surface area contributed by atoms with Gasteiger partial charge in [-0.2, -0.15) is 0 Å². The molecule has 0 saturated carbocycles. The molecule has 1 fully saturated rings. The Labute approximate surface area is 163 Å². The van der Waals surface area contributed by atoms with E-state index in [1.165, 1.54) is 4.90 Å². The van der Waals surface area contributed by atoms with Gasteiger partial charge in [-0.05, 0) is 48.5 Å². The summed E-state index contributed by atoms with van der Waals surface area (Å²) in [7, 11) is 0. The van der Waals surface area contributed by atoms with Crippen molar-refractivity contribution in [2.45, 2.75) is 6.42 Å². The number of hydrogen-bond donors (Lipinski definition) is 2. The van der Waals surface area contributed by atoms with E-state index in [0.29, 0.717) is 16.3 Å². The van der Waals surface area contributed by atoms with Gasteiger partial charge in [0.2, 0.25) is 11.8 Å². The molecule has 2 aromatic carbocycles. The summed E-state index contributed by atoms with van der Waals surface area (Å²) >= 11 is 9.14. The third-order valence-corrected chi connectivity index (χ3v) is 4.82. The van der Waals surface area contributed by atoms with Crippen LogP contribution < -0.4 is 15.8 Å². The maximum atomic E-state index is 12.3. The van der Waals surface area contributed by atoms with Crippen LogP contribution in [0.3, 0.4) is 0 Å². The number of hydrazine groups is 1. The number of anilines is 1. The number of halogens is 2. The molecule has 6 nitrogen and oxygen atoms in total. The molecular formula is C18H15BrClN3O3. The lowest BCUT2D eigenvalue weighted by Gasteiger charge is -2.17. The molecule has 2 N–H and O–H groups in total. The van der Waals surface area contributed by atoms with Gasteiger partial charge in [-0.3, -0.25) is 25.2 Å².